The summed E-state index contributed by atoms with van der Waals surface area (Å²) in [6.45, 7) is 0. The summed E-state index contributed by atoms with van der Waals surface area (Å²) >= 11 is 3.85. The standard InChI is InChI=1S/C8H14OS/c9-8(10)7-5-3-1-2-4-6-7/h7H,1-6H2,(H,9,10). The molecule has 1 rings (SSSR count). The van der Waals surface area contributed by atoms with Crippen molar-refractivity contribution in [3.63, 3.8) is 0 Å². The highest BCUT2D eigenvalue weighted by atomic mass is 32.1. The summed E-state index contributed by atoms with van der Waals surface area (Å²) in [5, 5.41) is 0.0990. The molecule has 0 N–H and O–H groups in total. The summed E-state index contributed by atoms with van der Waals surface area (Å²) in [6.07, 6.45) is 7.19. The van der Waals surface area contributed by atoms with Crippen LogP contribution in [0.15, 0.2) is 0 Å². The van der Waals surface area contributed by atoms with E-state index >= 15 is 0 Å². The maximum absolute atomic E-state index is 10.8. The lowest BCUT2D eigenvalue weighted by molar-refractivity contribution is -0.114. The monoisotopic (exact) mass is 158 g/mol. The molecule has 0 unspecified atom stereocenters. The smallest absolute Gasteiger partial charge is 0.188 e. The molecule has 0 aromatic rings. The average molecular weight is 158 g/mol. The Morgan fingerprint density at radius 1 is 1.10 bits per heavy atom. The molecule has 58 valence electrons. The molecular weight excluding hydrogens is 144 g/mol. The molecule has 0 heterocycles. The summed E-state index contributed by atoms with van der Waals surface area (Å²) in [5.41, 5.74) is 0. The van der Waals surface area contributed by atoms with Crippen LogP contribution in [0.1, 0.15) is 38.5 Å². The number of thiol groups is 1. The molecule has 0 aromatic carbocycles. The Morgan fingerprint density at radius 3 is 2.00 bits per heavy atom. The van der Waals surface area contributed by atoms with Crippen molar-refractivity contribution in [2.75, 3.05) is 0 Å². The van der Waals surface area contributed by atoms with Crippen LogP contribution >= 0.6 is 12.6 Å². The van der Waals surface area contributed by atoms with Crippen LogP contribution in [-0.4, -0.2) is 5.12 Å². The van der Waals surface area contributed by atoms with E-state index in [4.69, 9.17) is 0 Å². The van der Waals surface area contributed by atoms with Crippen molar-refractivity contribution in [1.29, 1.82) is 0 Å². The predicted octanol–water partition coefficient (Wildman–Crippen LogP) is 2.41. The molecule has 1 fully saturated rings. The van der Waals surface area contributed by atoms with Gasteiger partial charge < -0.3 is 0 Å². The van der Waals surface area contributed by atoms with Crippen LogP contribution in [0.4, 0.5) is 0 Å². The van der Waals surface area contributed by atoms with Crippen LogP contribution in [0, 0.1) is 5.92 Å². The molecule has 2 heteroatoms. The fraction of sp³-hybridized carbons (Fsp3) is 0.875. The normalized spacial score (nSPS) is 22.1. The van der Waals surface area contributed by atoms with E-state index in [-0.39, 0.29) is 11.0 Å². The maximum Gasteiger partial charge on any atom is 0.188 e. The first-order chi connectivity index (χ1) is 4.80. The predicted molar refractivity (Wildman–Crippen MR) is 45.2 cm³/mol. The zero-order chi connectivity index (χ0) is 7.40. The van der Waals surface area contributed by atoms with Crippen molar-refractivity contribution in [1.82, 2.24) is 0 Å². The van der Waals surface area contributed by atoms with E-state index in [1.165, 1.54) is 25.7 Å². The van der Waals surface area contributed by atoms with Crippen molar-refractivity contribution < 1.29 is 4.79 Å². The Balaban J connectivity index is 2.35. The van der Waals surface area contributed by atoms with Crippen molar-refractivity contribution >= 4 is 17.7 Å². The Bertz CT molecular complexity index is 114. The van der Waals surface area contributed by atoms with Crippen molar-refractivity contribution in [2.24, 2.45) is 5.92 Å². The molecule has 1 nitrogen and oxygen atoms in total. The van der Waals surface area contributed by atoms with Gasteiger partial charge in [0.2, 0.25) is 0 Å². The minimum absolute atomic E-state index is 0.0990. The Kier molecular flexibility index (Phi) is 3.26. The van der Waals surface area contributed by atoms with Crippen LogP contribution in [0.5, 0.6) is 0 Å². The van der Waals surface area contributed by atoms with Crippen LogP contribution in [0.2, 0.25) is 0 Å². The van der Waals surface area contributed by atoms with Gasteiger partial charge in [0.15, 0.2) is 5.12 Å². The summed E-state index contributed by atoms with van der Waals surface area (Å²) in [7, 11) is 0. The van der Waals surface area contributed by atoms with E-state index in [0.717, 1.165) is 12.8 Å². The molecule has 0 atom stereocenters. The molecular formula is C8H14OS. The molecule has 0 amide bonds. The summed E-state index contributed by atoms with van der Waals surface area (Å²) in [5.74, 6) is 0.269. The van der Waals surface area contributed by atoms with Gasteiger partial charge in [-0.3, -0.25) is 4.79 Å². The Labute approximate surface area is 67.6 Å². The molecule has 10 heavy (non-hydrogen) atoms. The summed E-state index contributed by atoms with van der Waals surface area (Å²) < 4.78 is 0. The van der Waals surface area contributed by atoms with Gasteiger partial charge in [-0.15, -0.1) is 12.6 Å². The number of hydrogen-bond donors (Lipinski definition) is 1. The average Bonchev–Trinajstić information content (AvgIpc) is 2.12. The summed E-state index contributed by atoms with van der Waals surface area (Å²) in [6, 6.07) is 0. The Hall–Kier alpha value is 0.0200. The highest BCUT2D eigenvalue weighted by molar-refractivity contribution is 7.96. The number of carbonyl (C=O) groups is 1. The highest BCUT2D eigenvalue weighted by Crippen LogP contribution is 2.24. The zero-order valence-corrected chi connectivity index (χ0v) is 7.07. The SMILES string of the molecule is O=C(S)C1CCCCCC1. The quantitative estimate of drug-likeness (QED) is 0.458. The number of rotatable bonds is 1. The minimum Gasteiger partial charge on any atom is -0.287 e. The van der Waals surface area contributed by atoms with Gasteiger partial charge in [0, 0.05) is 5.92 Å². The highest BCUT2D eigenvalue weighted by Gasteiger charge is 2.16. The third kappa shape index (κ3) is 2.33. The molecule has 0 aliphatic heterocycles. The van der Waals surface area contributed by atoms with E-state index in [2.05, 4.69) is 12.6 Å². The van der Waals surface area contributed by atoms with E-state index in [9.17, 15) is 4.79 Å². The first-order valence-corrected chi connectivity index (χ1v) is 4.48. The number of hydrogen-bond acceptors (Lipinski definition) is 1. The summed E-state index contributed by atoms with van der Waals surface area (Å²) in [4.78, 5) is 10.8. The van der Waals surface area contributed by atoms with E-state index in [1.807, 2.05) is 0 Å². The van der Waals surface area contributed by atoms with Gasteiger partial charge >= 0.3 is 0 Å². The van der Waals surface area contributed by atoms with Gasteiger partial charge in [-0.1, -0.05) is 25.7 Å². The van der Waals surface area contributed by atoms with Crippen LogP contribution in [0.25, 0.3) is 0 Å². The van der Waals surface area contributed by atoms with Gasteiger partial charge in [-0.2, -0.15) is 0 Å². The fourth-order valence-electron chi connectivity index (χ4n) is 1.53. The lowest BCUT2D eigenvalue weighted by Crippen LogP contribution is -2.06. The van der Waals surface area contributed by atoms with E-state index in [0.29, 0.717) is 0 Å². The van der Waals surface area contributed by atoms with Crippen LogP contribution in [0.3, 0.4) is 0 Å². The third-order valence-corrected chi connectivity index (χ3v) is 2.57. The molecule has 0 aromatic heterocycles. The first-order valence-electron chi connectivity index (χ1n) is 4.03. The molecule has 0 spiro atoms. The zero-order valence-electron chi connectivity index (χ0n) is 6.18. The van der Waals surface area contributed by atoms with Gasteiger partial charge in [0.25, 0.3) is 0 Å². The van der Waals surface area contributed by atoms with Gasteiger partial charge in [0.05, 0.1) is 0 Å². The van der Waals surface area contributed by atoms with Gasteiger partial charge in [0.1, 0.15) is 0 Å². The van der Waals surface area contributed by atoms with E-state index in [1.54, 1.807) is 0 Å². The third-order valence-electron chi connectivity index (χ3n) is 2.20. The second-order valence-electron chi connectivity index (χ2n) is 3.03. The lowest BCUT2D eigenvalue weighted by Gasteiger charge is -2.06. The lowest BCUT2D eigenvalue weighted by atomic mass is 10.0. The second kappa shape index (κ2) is 4.02. The maximum atomic E-state index is 10.8. The molecule has 1 aliphatic carbocycles. The molecule has 1 aliphatic rings. The molecule has 0 bridgehead atoms. The van der Waals surface area contributed by atoms with Crippen molar-refractivity contribution in [2.45, 2.75) is 38.5 Å². The number of carbonyl (C=O) groups excluding carboxylic acids is 1. The Morgan fingerprint density at radius 2 is 1.60 bits per heavy atom. The molecule has 0 radical (unpaired) electrons. The largest absolute Gasteiger partial charge is 0.287 e. The van der Waals surface area contributed by atoms with Crippen molar-refractivity contribution in [3.8, 4) is 0 Å². The van der Waals surface area contributed by atoms with Crippen LogP contribution in [-0.2, 0) is 4.79 Å². The molecule has 1 saturated carbocycles. The van der Waals surface area contributed by atoms with E-state index < -0.39 is 0 Å². The molecule has 0 saturated heterocycles. The fourth-order valence-corrected chi connectivity index (χ4v) is 1.78. The second-order valence-corrected chi connectivity index (χ2v) is 3.47. The van der Waals surface area contributed by atoms with Crippen molar-refractivity contribution in [3.05, 3.63) is 0 Å². The van der Waals surface area contributed by atoms with Gasteiger partial charge in [-0.25, -0.2) is 0 Å². The minimum atomic E-state index is 0.0990. The topological polar surface area (TPSA) is 17.1 Å². The first kappa shape index (κ1) is 8.12. The van der Waals surface area contributed by atoms with Gasteiger partial charge in [-0.05, 0) is 12.8 Å². The van der Waals surface area contributed by atoms with Crippen LogP contribution < -0.4 is 0 Å².